The van der Waals surface area contributed by atoms with E-state index in [1.807, 2.05) is 36.4 Å². The summed E-state index contributed by atoms with van der Waals surface area (Å²) in [5.41, 5.74) is 1.20. The van der Waals surface area contributed by atoms with Gasteiger partial charge in [-0.3, -0.25) is 4.79 Å². The average molecular weight is 394 g/mol. The number of hydrogen-bond donors (Lipinski definition) is 1. The zero-order valence-corrected chi connectivity index (χ0v) is 16.6. The van der Waals surface area contributed by atoms with E-state index >= 15 is 0 Å². The van der Waals surface area contributed by atoms with E-state index < -0.39 is 0 Å². The zero-order valence-electron chi connectivity index (χ0n) is 16.6. The van der Waals surface area contributed by atoms with Crippen molar-refractivity contribution >= 4 is 11.0 Å². The Kier molecular flexibility index (Phi) is 6.12. The summed E-state index contributed by atoms with van der Waals surface area (Å²) in [5.74, 6) is 1.48. The number of nitrogens with zero attached hydrogens (tertiary/aromatic N) is 1. The van der Waals surface area contributed by atoms with E-state index in [1.165, 1.54) is 0 Å². The topological polar surface area (TPSA) is 63.9 Å². The second kappa shape index (κ2) is 9.11. The predicted molar refractivity (Wildman–Crippen MR) is 114 cm³/mol. The van der Waals surface area contributed by atoms with Crippen LogP contribution in [-0.4, -0.2) is 51.3 Å². The van der Waals surface area contributed by atoms with Gasteiger partial charge in [-0.05, 0) is 42.8 Å². The summed E-state index contributed by atoms with van der Waals surface area (Å²) in [6.07, 6.45) is 0.855. The first kappa shape index (κ1) is 19.5. The van der Waals surface area contributed by atoms with Gasteiger partial charge in [-0.25, -0.2) is 0 Å². The van der Waals surface area contributed by atoms with Gasteiger partial charge in [0.2, 0.25) is 11.2 Å². The number of benzene rings is 2. The fourth-order valence-electron chi connectivity index (χ4n) is 3.59. The molecule has 0 saturated carbocycles. The lowest BCUT2D eigenvalue weighted by atomic mass is 10.1. The molecule has 1 fully saturated rings. The first-order chi connectivity index (χ1) is 14.3. The third kappa shape index (κ3) is 4.44. The number of ether oxygens (including phenoxy) is 2. The molecule has 3 aromatic rings. The van der Waals surface area contributed by atoms with Crippen LogP contribution in [0.1, 0.15) is 6.42 Å². The third-order valence-electron chi connectivity index (χ3n) is 5.18. The second-order valence-corrected chi connectivity index (χ2v) is 7.11. The number of fused-ring (bicyclic) bond motifs is 1. The maximum Gasteiger partial charge on any atom is 0.235 e. The van der Waals surface area contributed by atoms with Crippen molar-refractivity contribution in [3.05, 3.63) is 58.8 Å². The van der Waals surface area contributed by atoms with E-state index in [2.05, 4.69) is 10.2 Å². The molecule has 4 rings (SSSR count). The minimum atomic E-state index is -0.139. The second-order valence-electron chi connectivity index (χ2n) is 7.11. The van der Waals surface area contributed by atoms with Crippen molar-refractivity contribution in [2.45, 2.75) is 6.42 Å². The molecule has 0 atom stereocenters. The molecule has 2 aromatic carbocycles. The van der Waals surface area contributed by atoms with Crippen molar-refractivity contribution in [3.8, 4) is 22.8 Å². The summed E-state index contributed by atoms with van der Waals surface area (Å²) >= 11 is 0. The number of nitrogens with one attached hydrogen (secondary N) is 1. The van der Waals surface area contributed by atoms with Gasteiger partial charge < -0.3 is 24.1 Å². The van der Waals surface area contributed by atoms with E-state index in [0.29, 0.717) is 23.3 Å². The highest BCUT2D eigenvalue weighted by Crippen LogP contribution is 2.32. The van der Waals surface area contributed by atoms with Crippen LogP contribution in [0, 0.1) is 0 Å². The summed E-state index contributed by atoms with van der Waals surface area (Å²) in [4.78, 5) is 15.5. The maximum absolute atomic E-state index is 13.1. The Hall–Kier alpha value is -2.83. The molecule has 1 N–H and O–H groups in total. The Balaban J connectivity index is 1.59. The van der Waals surface area contributed by atoms with E-state index in [-0.39, 0.29) is 11.2 Å². The quantitative estimate of drug-likeness (QED) is 0.621. The molecule has 1 aliphatic heterocycles. The molecular weight excluding hydrogens is 368 g/mol. The van der Waals surface area contributed by atoms with Gasteiger partial charge in [-0.2, -0.15) is 0 Å². The number of piperazine rings is 1. The van der Waals surface area contributed by atoms with Crippen LogP contribution in [-0.2, 0) is 0 Å². The molecule has 0 amide bonds. The van der Waals surface area contributed by atoms with E-state index in [9.17, 15) is 4.79 Å². The van der Waals surface area contributed by atoms with Gasteiger partial charge in [-0.15, -0.1) is 0 Å². The SMILES string of the molecule is COc1ccc(-c2oc3ccccc3c(=O)c2OCCCN2CCNCC2)cc1. The van der Waals surface area contributed by atoms with Crippen LogP contribution in [0.15, 0.2) is 57.7 Å². The van der Waals surface area contributed by atoms with E-state index in [4.69, 9.17) is 13.9 Å². The van der Waals surface area contributed by atoms with Gasteiger partial charge >= 0.3 is 0 Å². The molecule has 0 bridgehead atoms. The molecule has 6 nitrogen and oxygen atoms in total. The van der Waals surface area contributed by atoms with Crippen LogP contribution >= 0.6 is 0 Å². The summed E-state index contributed by atoms with van der Waals surface area (Å²) in [5, 5.41) is 3.88. The largest absolute Gasteiger partial charge is 0.497 e. The molecule has 29 heavy (non-hydrogen) atoms. The molecule has 1 aromatic heterocycles. The molecule has 1 aliphatic rings. The third-order valence-corrected chi connectivity index (χ3v) is 5.18. The first-order valence-corrected chi connectivity index (χ1v) is 10.0. The molecule has 1 saturated heterocycles. The smallest absolute Gasteiger partial charge is 0.235 e. The zero-order chi connectivity index (χ0) is 20.1. The van der Waals surface area contributed by atoms with Gasteiger partial charge in [0.1, 0.15) is 11.3 Å². The highest BCUT2D eigenvalue weighted by molar-refractivity contribution is 5.81. The van der Waals surface area contributed by atoms with Gasteiger partial charge in [0, 0.05) is 38.3 Å². The Labute approximate surface area is 170 Å². The van der Waals surface area contributed by atoms with Crippen LogP contribution in [0.4, 0.5) is 0 Å². The summed E-state index contributed by atoms with van der Waals surface area (Å²) in [7, 11) is 1.62. The van der Waals surface area contributed by atoms with Crippen molar-refractivity contribution in [2.24, 2.45) is 0 Å². The lowest BCUT2D eigenvalue weighted by Crippen LogP contribution is -2.44. The van der Waals surface area contributed by atoms with Crippen LogP contribution in [0.3, 0.4) is 0 Å². The minimum Gasteiger partial charge on any atom is -0.497 e. The Morgan fingerprint density at radius 3 is 2.59 bits per heavy atom. The van der Waals surface area contributed by atoms with Crippen molar-refractivity contribution in [3.63, 3.8) is 0 Å². The minimum absolute atomic E-state index is 0.139. The fraction of sp³-hybridized carbons (Fsp3) is 0.348. The van der Waals surface area contributed by atoms with E-state index in [0.717, 1.165) is 50.5 Å². The number of rotatable bonds is 7. The normalized spacial score (nSPS) is 14.8. The Morgan fingerprint density at radius 2 is 1.83 bits per heavy atom. The highest BCUT2D eigenvalue weighted by atomic mass is 16.5. The molecule has 152 valence electrons. The molecule has 2 heterocycles. The molecular formula is C23H26N2O4. The first-order valence-electron chi connectivity index (χ1n) is 10.0. The number of methoxy groups -OCH3 is 1. The van der Waals surface area contributed by atoms with Crippen molar-refractivity contribution in [1.29, 1.82) is 0 Å². The lowest BCUT2D eigenvalue weighted by molar-refractivity contribution is 0.212. The van der Waals surface area contributed by atoms with Crippen molar-refractivity contribution in [2.75, 3.05) is 46.4 Å². The van der Waals surface area contributed by atoms with E-state index in [1.54, 1.807) is 19.2 Å². The summed E-state index contributed by atoms with van der Waals surface area (Å²) < 4.78 is 17.3. The molecule has 0 spiro atoms. The standard InChI is InChI=1S/C23H26N2O4/c1-27-18-9-7-17(8-10-18)22-23(21(26)19-5-2-3-6-20(19)29-22)28-16-4-13-25-14-11-24-12-15-25/h2-3,5-10,24H,4,11-16H2,1H3. The van der Waals surface area contributed by atoms with Gasteiger partial charge in [0.05, 0.1) is 19.1 Å². The monoisotopic (exact) mass is 394 g/mol. The average Bonchev–Trinajstić information content (AvgIpc) is 2.78. The van der Waals surface area contributed by atoms with Crippen molar-refractivity contribution in [1.82, 2.24) is 10.2 Å². The maximum atomic E-state index is 13.1. The Morgan fingerprint density at radius 1 is 1.07 bits per heavy atom. The van der Waals surface area contributed by atoms with Gasteiger partial charge in [-0.1, -0.05) is 12.1 Å². The predicted octanol–water partition coefficient (Wildman–Crippen LogP) is 3.14. The number of para-hydroxylation sites is 1. The van der Waals surface area contributed by atoms with Crippen LogP contribution < -0.4 is 20.2 Å². The number of hydrogen-bond acceptors (Lipinski definition) is 6. The fourth-order valence-corrected chi connectivity index (χ4v) is 3.59. The van der Waals surface area contributed by atoms with Crippen LogP contribution in [0.5, 0.6) is 11.5 Å². The summed E-state index contributed by atoms with van der Waals surface area (Å²) in [6.45, 7) is 5.58. The van der Waals surface area contributed by atoms with Crippen LogP contribution in [0.25, 0.3) is 22.3 Å². The van der Waals surface area contributed by atoms with Gasteiger partial charge in [0.25, 0.3) is 0 Å². The lowest BCUT2D eigenvalue weighted by Gasteiger charge is -2.27. The molecule has 0 unspecified atom stereocenters. The van der Waals surface area contributed by atoms with Crippen molar-refractivity contribution < 1.29 is 13.9 Å². The highest BCUT2D eigenvalue weighted by Gasteiger charge is 2.18. The molecule has 0 aliphatic carbocycles. The summed E-state index contributed by atoms with van der Waals surface area (Å²) in [6, 6.07) is 14.7. The Bertz CT molecular complexity index is 1010. The molecule has 6 heteroatoms. The van der Waals surface area contributed by atoms with Gasteiger partial charge in [0.15, 0.2) is 5.76 Å². The molecule has 0 radical (unpaired) electrons. The van der Waals surface area contributed by atoms with Crippen LogP contribution in [0.2, 0.25) is 0 Å².